The van der Waals surface area contributed by atoms with Gasteiger partial charge in [-0.2, -0.15) is 0 Å². The summed E-state index contributed by atoms with van der Waals surface area (Å²) in [6.45, 7) is 1.81. The first-order valence-corrected chi connectivity index (χ1v) is 9.74. The van der Waals surface area contributed by atoms with Crippen molar-refractivity contribution in [3.8, 4) is 11.5 Å². The van der Waals surface area contributed by atoms with E-state index in [1.165, 1.54) is 6.07 Å². The molecule has 1 saturated heterocycles. The fraction of sp³-hybridized carbons (Fsp3) is 0.409. The van der Waals surface area contributed by atoms with E-state index in [0.717, 1.165) is 37.2 Å². The van der Waals surface area contributed by atoms with E-state index in [9.17, 15) is 9.18 Å². The van der Waals surface area contributed by atoms with Crippen molar-refractivity contribution in [1.82, 2.24) is 5.32 Å². The number of piperidine rings is 1. The van der Waals surface area contributed by atoms with Crippen LogP contribution in [-0.2, 0) is 11.2 Å². The van der Waals surface area contributed by atoms with Crippen LogP contribution in [0.25, 0.3) is 0 Å². The number of anilines is 1. The lowest BCUT2D eigenvalue weighted by molar-refractivity contribution is -0.127. The van der Waals surface area contributed by atoms with Crippen molar-refractivity contribution in [3.05, 3.63) is 53.8 Å². The first-order chi connectivity index (χ1) is 13.7. The molecule has 2 aliphatic rings. The molecule has 1 amide bonds. The maximum Gasteiger partial charge on any atom is 0.227 e. The number of hydrogen-bond donors (Lipinski definition) is 1. The Kier molecular flexibility index (Phi) is 5.37. The van der Waals surface area contributed by atoms with E-state index in [-0.39, 0.29) is 23.7 Å². The average molecular weight is 384 g/mol. The van der Waals surface area contributed by atoms with Crippen LogP contribution in [0.1, 0.15) is 18.4 Å². The Labute approximate surface area is 164 Å². The third kappa shape index (κ3) is 3.77. The van der Waals surface area contributed by atoms with Crippen molar-refractivity contribution >= 4 is 11.6 Å². The minimum Gasteiger partial charge on any atom is -0.493 e. The smallest absolute Gasteiger partial charge is 0.227 e. The van der Waals surface area contributed by atoms with E-state index >= 15 is 0 Å². The Hall–Kier alpha value is -2.76. The Morgan fingerprint density at radius 1 is 1.18 bits per heavy atom. The normalized spacial score (nSPS) is 19.5. The summed E-state index contributed by atoms with van der Waals surface area (Å²) in [5, 5.41) is 3.16. The molecule has 0 aliphatic carbocycles. The zero-order chi connectivity index (χ0) is 19.5. The number of ether oxygens (including phenoxy) is 2. The molecule has 2 aliphatic heterocycles. The molecule has 0 bridgehead atoms. The van der Waals surface area contributed by atoms with Crippen LogP contribution in [0.5, 0.6) is 11.5 Å². The summed E-state index contributed by atoms with van der Waals surface area (Å²) >= 11 is 0. The molecule has 28 heavy (non-hydrogen) atoms. The topological polar surface area (TPSA) is 50.8 Å². The van der Waals surface area contributed by atoms with Crippen LogP contribution in [0.3, 0.4) is 0 Å². The number of rotatable bonds is 4. The van der Waals surface area contributed by atoms with Crippen LogP contribution in [0.2, 0.25) is 0 Å². The predicted octanol–water partition coefficient (Wildman–Crippen LogP) is 3.17. The van der Waals surface area contributed by atoms with Gasteiger partial charge in [-0.15, -0.1) is 0 Å². The predicted molar refractivity (Wildman–Crippen MR) is 105 cm³/mol. The van der Waals surface area contributed by atoms with E-state index < -0.39 is 0 Å². The quantitative estimate of drug-likeness (QED) is 0.880. The van der Waals surface area contributed by atoms with Crippen molar-refractivity contribution in [2.45, 2.75) is 25.3 Å². The number of para-hydroxylation sites is 2. The maximum atomic E-state index is 14.0. The summed E-state index contributed by atoms with van der Waals surface area (Å²) in [5.41, 5.74) is 1.64. The molecule has 1 fully saturated rings. The molecule has 1 N–H and O–H groups in total. The van der Waals surface area contributed by atoms with Crippen LogP contribution >= 0.6 is 0 Å². The lowest BCUT2D eigenvalue weighted by Gasteiger charge is -2.35. The first-order valence-electron chi connectivity index (χ1n) is 9.74. The zero-order valence-electron chi connectivity index (χ0n) is 16.0. The molecule has 1 atom stereocenters. The molecule has 148 valence electrons. The Morgan fingerprint density at radius 3 is 2.71 bits per heavy atom. The van der Waals surface area contributed by atoms with Gasteiger partial charge in [0.05, 0.1) is 18.7 Å². The van der Waals surface area contributed by atoms with Gasteiger partial charge < -0.3 is 19.7 Å². The number of amides is 1. The third-order valence-corrected chi connectivity index (χ3v) is 5.58. The van der Waals surface area contributed by atoms with Gasteiger partial charge in [0.2, 0.25) is 5.91 Å². The molecule has 0 spiro atoms. The number of carbonyl (C=O) groups excluding carboxylic acids is 1. The Balaban J connectivity index is 1.32. The molecule has 0 aromatic heterocycles. The fourth-order valence-electron chi connectivity index (χ4n) is 4.02. The number of halogens is 1. The lowest BCUT2D eigenvalue weighted by atomic mass is 9.94. The SMILES string of the molecule is COc1cccc2c1OCC(C(=O)NC1CCN(c3ccccc3F)CC1)C2. The van der Waals surface area contributed by atoms with Crippen molar-refractivity contribution in [2.24, 2.45) is 5.92 Å². The third-order valence-electron chi connectivity index (χ3n) is 5.58. The van der Waals surface area contributed by atoms with Gasteiger partial charge in [-0.25, -0.2) is 4.39 Å². The zero-order valence-corrected chi connectivity index (χ0v) is 16.0. The van der Waals surface area contributed by atoms with Crippen molar-refractivity contribution < 1.29 is 18.7 Å². The summed E-state index contributed by atoms with van der Waals surface area (Å²) in [6, 6.07) is 12.7. The van der Waals surface area contributed by atoms with Gasteiger partial charge in [0, 0.05) is 19.1 Å². The lowest BCUT2D eigenvalue weighted by Crippen LogP contribution is -2.48. The second kappa shape index (κ2) is 8.09. The Bertz CT molecular complexity index is 849. The van der Waals surface area contributed by atoms with Gasteiger partial charge in [0.1, 0.15) is 12.4 Å². The maximum absolute atomic E-state index is 14.0. The average Bonchev–Trinajstić information content (AvgIpc) is 2.74. The van der Waals surface area contributed by atoms with Crippen LogP contribution in [0, 0.1) is 11.7 Å². The molecule has 2 aromatic rings. The van der Waals surface area contributed by atoms with E-state index in [1.54, 1.807) is 19.2 Å². The Morgan fingerprint density at radius 2 is 1.96 bits per heavy atom. The summed E-state index contributed by atoms with van der Waals surface area (Å²) in [7, 11) is 1.62. The molecule has 0 saturated carbocycles. The number of hydrogen-bond acceptors (Lipinski definition) is 4. The van der Waals surface area contributed by atoms with Crippen molar-refractivity contribution in [2.75, 3.05) is 31.7 Å². The number of methoxy groups -OCH3 is 1. The van der Waals surface area contributed by atoms with Crippen LogP contribution in [0.15, 0.2) is 42.5 Å². The van der Waals surface area contributed by atoms with Gasteiger partial charge in [0.25, 0.3) is 0 Å². The minimum absolute atomic E-state index is 0.0258. The summed E-state index contributed by atoms with van der Waals surface area (Å²) in [5.74, 6) is 1.07. The highest BCUT2D eigenvalue weighted by Crippen LogP contribution is 2.36. The number of nitrogens with zero attached hydrogens (tertiary/aromatic N) is 1. The van der Waals surface area contributed by atoms with Crippen LogP contribution < -0.4 is 19.7 Å². The number of benzene rings is 2. The summed E-state index contributed by atoms with van der Waals surface area (Å²) in [6.07, 6.45) is 2.25. The molecule has 2 aromatic carbocycles. The minimum atomic E-state index is -0.204. The number of fused-ring (bicyclic) bond motifs is 1. The van der Waals surface area contributed by atoms with E-state index in [1.807, 2.05) is 29.2 Å². The largest absolute Gasteiger partial charge is 0.493 e. The molecule has 0 radical (unpaired) electrons. The number of carbonyl (C=O) groups is 1. The summed E-state index contributed by atoms with van der Waals surface area (Å²) < 4.78 is 25.1. The highest BCUT2D eigenvalue weighted by Gasteiger charge is 2.30. The monoisotopic (exact) mass is 384 g/mol. The van der Waals surface area contributed by atoms with E-state index in [2.05, 4.69) is 5.32 Å². The van der Waals surface area contributed by atoms with Crippen LogP contribution in [-0.4, -0.2) is 38.8 Å². The molecule has 6 heteroatoms. The molecule has 5 nitrogen and oxygen atoms in total. The fourth-order valence-corrected chi connectivity index (χ4v) is 4.02. The highest BCUT2D eigenvalue weighted by atomic mass is 19.1. The second-order valence-electron chi connectivity index (χ2n) is 7.38. The van der Waals surface area contributed by atoms with Crippen molar-refractivity contribution in [1.29, 1.82) is 0 Å². The molecule has 1 unspecified atom stereocenters. The second-order valence-corrected chi connectivity index (χ2v) is 7.38. The summed E-state index contributed by atoms with van der Waals surface area (Å²) in [4.78, 5) is 14.8. The molecule has 2 heterocycles. The molecular weight excluding hydrogens is 359 g/mol. The van der Waals surface area contributed by atoms with Gasteiger partial charge in [-0.05, 0) is 43.0 Å². The van der Waals surface area contributed by atoms with Gasteiger partial charge in [-0.1, -0.05) is 24.3 Å². The van der Waals surface area contributed by atoms with Gasteiger partial charge >= 0.3 is 0 Å². The van der Waals surface area contributed by atoms with Gasteiger partial charge in [0.15, 0.2) is 11.5 Å². The van der Waals surface area contributed by atoms with Gasteiger partial charge in [-0.3, -0.25) is 4.79 Å². The number of nitrogens with one attached hydrogen (secondary N) is 1. The standard InChI is InChI=1S/C22H25FN2O3/c1-27-20-8-4-5-15-13-16(14-28-21(15)20)22(26)24-17-9-11-25(12-10-17)19-7-3-2-6-18(19)23/h2-8,16-17H,9-14H2,1H3,(H,24,26). The van der Waals surface area contributed by atoms with Crippen molar-refractivity contribution in [3.63, 3.8) is 0 Å². The molecule has 4 rings (SSSR count). The molecular formula is C22H25FN2O3. The van der Waals surface area contributed by atoms with Crippen LogP contribution in [0.4, 0.5) is 10.1 Å². The van der Waals surface area contributed by atoms with E-state index in [0.29, 0.717) is 24.5 Å². The first kappa shape index (κ1) is 18.6. The van der Waals surface area contributed by atoms with E-state index in [4.69, 9.17) is 9.47 Å². The highest BCUT2D eigenvalue weighted by molar-refractivity contribution is 5.80.